The van der Waals surface area contributed by atoms with Crippen molar-refractivity contribution in [2.24, 2.45) is 4.99 Å². The third-order valence-electron chi connectivity index (χ3n) is 4.18. The molecule has 1 fully saturated rings. The second-order valence-corrected chi connectivity index (χ2v) is 5.59. The number of hydrogen-bond acceptors (Lipinski definition) is 3. The molecule has 0 unspecified atom stereocenters. The summed E-state index contributed by atoms with van der Waals surface area (Å²) in [7, 11) is 0. The number of fused-ring (bicyclic) bond motifs is 1. The van der Waals surface area contributed by atoms with Crippen molar-refractivity contribution >= 4 is 11.6 Å². The van der Waals surface area contributed by atoms with Crippen LogP contribution >= 0.6 is 0 Å². The van der Waals surface area contributed by atoms with Gasteiger partial charge in [0.15, 0.2) is 5.78 Å². The van der Waals surface area contributed by atoms with Gasteiger partial charge in [0.25, 0.3) is 0 Å². The maximum absolute atomic E-state index is 12.3. The van der Waals surface area contributed by atoms with Gasteiger partial charge in [-0.15, -0.1) is 0 Å². The number of ketones is 1. The number of aryl methyl sites for hydroxylation is 1. The summed E-state index contributed by atoms with van der Waals surface area (Å²) in [5, 5.41) is 3.44. The highest BCUT2D eigenvalue weighted by atomic mass is 16.1. The van der Waals surface area contributed by atoms with E-state index in [-0.39, 0.29) is 5.78 Å². The van der Waals surface area contributed by atoms with Crippen molar-refractivity contribution < 1.29 is 4.79 Å². The molecule has 1 aromatic carbocycles. The number of carbonyl (C=O) groups is 1. The Morgan fingerprint density at radius 2 is 2.11 bits per heavy atom. The number of rotatable bonds is 3. The lowest BCUT2D eigenvalue weighted by atomic mass is 9.92. The lowest BCUT2D eigenvalue weighted by Gasteiger charge is -2.23. The summed E-state index contributed by atoms with van der Waals surface area (Å²) in [4.78, 5) is 17.0. The van der Waals surface area contributed by atoms with Gasteiger partial charge in [0.1, 0.15) is 5.84 Å². The number of aliphatic imine (C=N–C) groups is 1. The van der Waals surface area contributed by atoms with Gasteiger partial charge in [-0.05, 0) is 25.3 Å². The fraction of sp³-hybridized carbons (Fsp3) is 0.500. The highest BCUT2D eigenvalue weighted by Gasteiger charge is 2.31. The zero-order valence-electron chi connectivity index (χ0n) is 11.4. The normalized spacial score (nSPS) is 25.4. The van der Waals surface area contributed by atoms with E-state index in [4.69, 9.17) is 0 Å². The molecule has 0 aromatic heterocycles. The number of benzene rings is 1. The van der Waals surface area contributed by atoms with Crippen molar-refractivity contribution in [1.29, 1.82) is 0 Å². The van der Waals surface area contributed by atoms with E-state index in [9.17, 15) is 4.79 Å². The predicted molar refractivity (Wildman–Crippen MR) is 76.7 cm³/mol. The Morgan fingerprint density at radius 3 is 2.89 bits per heavy atom. The van der Waals surface area contributed by atoms with Crippen LogP contribution in [0.1, 0.15) is 48.0 Å². The van der Waals surface area contributed by atoms with Crippen LogP contribution in [0.4, 0.5) is 0 Å². The molecule has 0 bridgehead atoms. The summed E-state index contributed by atoms with van der Waals surface area (Å²) in [5.74, 6) is 1.06. The largest absolute Gasteiger partial charge is 0.369 e. The number of amidine groups is 1. The number of carbonyl (C=O) groups excluding carboxylic acids is 1. The van der Waals surface area contributed by atoms with E-state index in [2.05, 4.69) is 10.3 Å². The minimum atomic E-state index is 0.169. The molecule has 3 rings (SSSR count). The molecule has 19 heavy (non-hydrogen) atoms. The van der Waals surface area contributed by atoms with Crippen LogP contribution < -0.4 is 5.32 Å². The number of Topliss-reactive ketones (excluding diaryl/α,β-unsaturated/α-hetero) is 1. The molecule has 1 aromatic rings. The lowest BCUT2D eigenvalue weighted by molar-refractivity contribution is 0.0999. The Bertz CT molecular complexity index is 521. The van der Waals surface area contributed by atoms with Crippen LogP contribution in [0.3, 0.4) is 0 Å². The minimum Gasteiger partial charge on any atom is -0.369 e. The van der Waals surface area contributed by atoms with Gasteiger partial charge in [0, 0.05) is 11.6 Å². The van der Waals surface area contributed by atoms with E-state index in [1.54, 1.807) is 0 Å². The van der Waals surface area contributed by atoms with E-state index < -0.39 is 0 Å². The van der Waals surface area contributed by atoms with Gasteiger partial charge >= 0.3 is 0 Å². The van der Waals surface area contributed by atoms with E-state index in [1.807, 2.05) is 31.2 Å². The van der Waals surface area contributed by atoms with Gasteiger partial charge < -0.3 is 5.32 Å². The monoisotopic (exact) mass is 256 g/mol. The molecule has 3 heteroatoms. The molecule has 1 aliphatic carbocycles. The average Bonchev–Trinajstić information content (AvgIpc) is 2.81. The Labute approximate surface area is 114 Å². The van der Waals surface area contributed by atoms with Crippen LogP contribution in [0.15, 0.2) is 29.3 Å². The summed E-state index contributed by atoms with van der Waals surface area (Å²) in [5.41, 5.74) is 1.87. The quantitative estimate of drug-likeness (QED) is 0.845. The second kappa shape index (κ2) is 5.16. The SMILES string of the molecule is Cc1ccccc1C(=O)CC1=N[C@H]2CCCC[C@@H]2N1. The first kappa shape index (κ1) is 12.4. The summed E-state index contributed by atoms with van der Waals surface area (Å²) < 4.78 is 0. The van der Waals surface area contributed by atoms with Crippen LogP contribution in [-0.4, -0.2) is 23.7 Å². The van der Waals surface area contributed by atoms with E-state index in [0.717, 1.165) is 17.0 Å². The van der Waals surface area contributed by atoms with Crippen molar-refractivity contribution in [2.75, 3.05) is 0 Å². The molecule has 1 heterocycles. The second-order valence-electron chi connectivity index (χ2n) is 5.59. The molecule has 0 radical (unpaired) electrons. The molecule has 0 spiro atoms. The van der Waals surface area contributed by atoms with Crippen LogP contribution in [0, 0.1) is 6.92 Å². The molecule has 3 nitrogen and oxygen atoms in total. The highest BCUT2D eigenvalue weighted by Crippen LogP contribution is 2.25. The third-order valence-corrected chi connectivity index (χ3v) is 4.18. The predicted octanol–water partition coefficient (Wildman–Crippen LogP) is 2.88. The first-order valence-corrected chi connectivity index (χ1v) is 7.16. The number of hydrogen-bond donors (Lipinski definition) is 1. The van der Waals surface area contributed by atoms with Gasteiger partial charge in [0.2, 0.25) is 0 Å². The Morgan fingerprint density at radius 1 is 1.32 bits per heavy atom. The molecule has 1 aliphatic heterocycles. The lowest BCUT2D eigenvalue weighted by Crippen LogP contribution is -2.37. The van der Waals surface area contributed by atoms with Crippen molar-refractivity contribution in [3.63, 3.8) is 0 Å². The van der Waals surface area contributed by atoms with Crippen molar-refractivity contribution in [3.8, 4) is 0 Å². The van der Waals surface area contributed by atoms with Crippen molar-refractivity contribution in [3.05, 3.63) is 35.4 Å². The first-order chi connectivity index (χ1) is 9.24. The molecular formula is C16H20N2O. The van der Waals surface area contributed by atoms with Gasteiger partial charge in [-0.2, -0.15) is 0 Å². The molecular weight excluding hydrogens is 236 g/mol. The van der Waals surface area contributed by atoms with Crippen LogP contribution in [-0.2, 0) is 0 Å². The molecule has 1 N–H and O–H groups in total. The molecule has 0 saturated heterocycles. The van der Waals surface area contributed by atoms with E-state index in [0.29, 0.717) is 18.5 Å². The average molecular weight is 256 g/mol. The smallest absolute Gasteiger partial charge is 0.170 e. The van der Waals surface area contributed by atoms with Crippen LogP contribution in [0.5, 0.6) is 0 Å². The zero-order valence-corrected chi connectivity index (χ0v) is 11.4. The van der Waals surface area contributed by atoms with Crippen LogP contribution in [0.25, 0.3) is 0 Å². The molecule has 2 aliphatic rings. The number of nitrogens with one attached hydrogen (secondary N) is 1. The van der Waals surface area contributed by atoms with Crippen molar-refractivity contribution in [2.45, 2.75) is 51.1 Å². The van der Waals surface area contributed by atoms with Gasteiger partial charge in [-0.3, -0.25) is 9.79 Å². The molecule has 100 valence electrons. The Kier molecular flexibility index (Phi) is 3.36. The number of nitrogens with zero attached hydrogens (tertiary/aromatic N) is 1. The fourth-order valence-corrected chi connectivity index (χ4v) is 3.12. The maximum atomic E-state index is 12.3. The van der Waals surface area contributed by atoms with E-state index >= 15 is 0 Å². The standard InChI is InChI=1S/C16H20N2O/c1-11-6-2-3-7-12(11)15(19)10-16-17-13-8-4-5-9-14(13)18-16/h2-3,6-7,13-14H,4-5,8-10H2,1H3,(H,17,18)/t13-,14-/m0/s1. The van der Waals surface area contributed by atoms with Crippen LogP contribution in [0.2, 0.25) is 0 Å². The first-order valence-electron chi connectivity index (χ1n) is 7.16. The van der Waals surface area contributed by atoms with Gasteiger partial charge in [0.05, 0.1) is 12.5 Å². The zero-order chi connectivity index (χ0) is 13.2. The maximum Gasteiger partial charge on any atom is 0.170 e. The minimum absolute atomic E-state index is 0.169. The summed E-state index contributed by atoms with van der Waals surface area (Å²) in [6.45, 7) is 1.98. The summed E-state index contributed by atoms with van der Waals surface area (Å²) >= 11 is 0. The van der Waals surface area contributed by atoms with E-state index in [1.165, 1.54) is 25.7 Å². The fourth-order valence-electron chi connectivity index (χ4n) is 3.12. The van der Waals surface area contributed by atoms with Gasteiger partial charge in [-0.1, -0.05) is 37.1 Å². The topological polar surface area (TPSA) is 41.5 Å². The molecule has 1 saturated carbocycles. The van der Waals surface area contributed by atoms with Crippen molar-refractivity contribution in [1.82, 2.24) is 5.32 Å². The summed E-state index contributed by atoms with van der Waals surface area (Å²) in [6.07, 6.45) is 5.32. The molecule has 0 amide bonds. The molecule has 2 atom stereocenters. The Balaban J connectivity index is 1.69. The summed E-state index contributed by atoms with van der Waals surface area (Å²) in [6, 6.07) is 8.66. The Hall–Kier alpha value is -1.64. The highest BCUT2D eigenvalue weighted by molar-refractivity contribution is 6.10. The third kappa shape index (κ3) is 2.55. The van der Waals surface area contributed by atoms with Gasteiger partial charge in [-0.25, -0.2) is 0 Å².